The van der Waals surface area contributed by atoms with Crippen LogP contribution in [0.4, 0.5) is 5.69 Å². The highest BCUT2D eigenvalue weighted by Crippen LogP contribution is 2.38. The summed E-state index contributed by atoms with van der Waals surface area (Å²) in [5, 5.41) is 0. The second-order valence-corrected chi connectivity index (χ2v) is 10.3. The summed E-state index contributed by atoms with van der Waals surface area (Å²) >= 11 is 0. The molecule has 3 aromatic carbocycles. The first-order chi connectivity index (χ1) is 18.3. The molecule has 0 bridgehead atoms. The van der Waals surface area contributed by atoms with Crippen molar-refractivity contribution in [2.45, 2.75) is 32.1 Å². The Morgan fingerprint density at radius 3 is 2.19 bits per heavy atom. The van der Waals surface area contributed by atoms with Crippen molar-refractivity contribution in [3.8, 4) is 11.1 Å². The van der Waals surface area contributed by atoms with Gasteiger partial charge in [0.25, 0.3) is 0 Å². The SMILES string of the molecule is C1=CCC(C2CC(c3ccccc3)=CC(=Nc3cc(C4=CCCC=C4)cc(-c4ccccc4)c3)C2)C=C1. The number of allylic oxidation sites excluding steroid dienone is 10. The van der Waals surface area contributed by atoms with Crippen LogP contribution in [0.5, 0.6) is 0 Å². The highest BCUT2D eigenvalue weighted by molar-refractivity contribution is 6.04. The second-order valence-electron chi connectivity index (χ2n) is 10.3. The highest BCUT2D eigenvalue weighted by Gasteiger charge is 2.26. The third-order valence-electron chi connectivity index (χ3n) is 7.68. The van der Waals surface area contributed by atoms with Crippen LogP contribution in [0.1, 0.15) is 43.2 Å². The molecule has 1 heteroatoms. The fourth-order valence-electron chi connectivity index (χ4n) is 5.76. The zero-order chi connectivity index (χ0) is 24.9. The minimum atomic E-state index is 0.556. The minimum absolute atomic E-state index is 0.556. The van der Waals surface area contributed by atoms with E-state index >= 15 is 0 Å². The van der Waals surface area contributed by atoms with Crippen LogP contribution in [0.3, 0.4) is 0 Å². The van der Waals surface area contributed by atoms with Gasteiger partial charge in [-0.25, -0.2) is 0 Å². The van der Waals surface area contributed by atoms with Crippen LogP contribution < -0.4 is 0 Å². The van der Waals surface area contributed by atoms with Gasteiger partial charge in [0.15, 0.2) is 0 Å². The zero-order valence-corrected chi connectivity index (χ0v) is 21.3. The van der Waals surface area contributed by atoms with Gasteiger partial charge in [0, 0.05) is 5.71 Å². The lowest BCUT2D eigenvalue weighted by Crippen LogP contribution is -2.21. The maximum absolute atomic E-state index is 5.33. The Hall–Kier alpha value is -3.97. The summed E-state index contributed by atoms with van der Waals surface area (Å²) in [6.45, 7) is 0. The summed E-state index contributed by atoms with van der Waals surface area (Å²) in [6.07, 6.45) is 23.8. The Morgan fingerprint density at radius 1 is 0.676 bits per heavy atom. The predicted octanol–water partition coefficient (Wildman–Crippen LogP) is 9.79. The van der Waals surface area contributed by atoms with Crippen LogP contribution >= 0.6 is 0 Å². The van der Waals surface area contributed by atoms with Crippen LogP contribution in [0, 0.1) is 11.8 Å². The van der Waals surface area contributed by atoms with E-state index in [1.54, 1.807) is 0 Å². The monoisotopic (exact) mass is 479 g/mol. The van der Waals surface area contributed by atoms with Crippen LogP contribution in [0.15, 0.2) is 132 Å². The third-order valence-corrected chi connectivity index (χ3v) is 7.68. The van der Waals surface area contributed by atoms with Gasteiger partial charge in [0.05, 0.1) is 5.69 Å². The van der Waals surface area contributed by atoms with Crippen LogP contribution in [0.25, 0.3) is 22.3 Å². The van der Waals surface area contributed by atoms with Gasteiger partial charge in [-0.2, -0.15) is 0 Å². The quantitative estimate of drug-likeness (QED) is 0.345. The van der Waals surface area contributed by atoms with Gasteiger partial charge in [-0.1, -0.05) is 103 Å². The maximum Gasteiger partial charge on any atom is 0.0645 e. The van der Waals surface area contributed by atoms with E-state index in [2.05, 4.69) is 127 Å². The Bertz CT molecular complexity index is 1430. The van der Waals surface area contributed by atoms with Crippen molar-refractivity contribution in [3.63, 3.8) is 0 Å². The van der Waals surface area contributed by atoms with E-state index in [0.29, 0.717) is 11.8 Å². The van der Waals surface area contributed by atoms with Crippen molar-refractivity contribution in [1.29, 1.82) is 0 Å². The molecule has 2 atom stereocenters. The second kappa shape index (κ2) is 11.0. The minimum Gasteiger partial charge on any atom is -0.253 e. The van der Waals surface area contributed by atoms with Crippen molar-refractivity contribution >= 4 is 22.5 Å². The Kier molecular flexibility index (Phi) is 6.94. The zero-order valence-electron chi connectivity index (χ0n) is 21.3. The van der Waals surface area contributed by atoms with Gasteiger partial charge >= 0.3 is 0 Å². The standard InChI is InChI=1S/C36H33N/c1-5-13-27(14-6-1)31-21-32(28-15-7-2-8-16-28)24-35(23-31)37-36-25-33(29-17-9-3-10-18-29)22-34(26-36)30-19-11-4-12-20-30/h1-3,5-11,13-15,17-20,22-23,25-26,28,32H,4,12,16,21,24H2. The lowest BCUT2D eigenvalue weighted by atomic mass is 9.75. The lowest BCUT2D eigenvalue weighted by molar-refractivity contribution is 0.413. The molecule has 2 unspecified atom stereocenters. The molecule has 0 fully saturated rings. The number of rotatable bonds is 5. The Labute approximate surface area is 221 Å². The largest absolute Gasteiger partial charge is 0.253 e. The average molecular weight is 480 g/mol. The van der Waals surface area contributed by atoms with E-state index in [4.69, 9.17) is 4.99 Å². The van der Waals surface area contributed by atoms with Crippen molar-refractivity contribution in [2.24, 2.45) is 16.8 Å². The summed E-state index contributed by atoms with van der Waals surface area (Å²) in [7, 11) is 0. The normalized spacial score (nSPS) is 22.1. The number of hydrogen-bond donors (Lipinski definition) is 0. The first-order valence-electron chi connectivity index (χ1n) is 13.6. The number of nitrogens with zero attached hydrogens (tertiary/aromatic N) is 1. The van der Waals surface area contributed by atoms with Crippen molar-refractivity contribution in [2.75, 3.05) is 0 Å². The van der Waals surface area contributed by atoms with Gasteiger partial charge in [0.2, 0.25) is 0 Å². The van der Waals surface area contributed by atoms with Crippen molar-refractivity contribution in [1.82, 2.24) is 0 Å². The molecule has 0 N–H and O–H groups in total. The van der Waals surface area contributed by atoms with Crippen molar-refractivity contribution < 1.29 is 0 Å². The first-order valence-corrected chi connectivity index (χ1v) is 13.6. The third kappa shape index (κ3) is 5.57. The van der Waals surface area contributed by atoms with Crippen LogP contribution in [0.2, 0.25) is 0 Å². The van der Waals surface area contributed by atoms with E-state index in [9.17, 15) is 0 Å². The summed E-state index contributed by atoms with van der Waals surface area (Å²) in [4.78, 5) is 5.33. The lowest BCUT2D eigenvalue weighted by Gasteiger charge is -2.30. The molecule has 3 aliphatic rings. The average Bonchev–Trinajstić information content (AvgIpc) is 2.99. The summed E-state index contributed by atoms with van der Waals surface area (Å²) < 4.78 is 0. The van der Waals surface area contributed by atoms with Gasteiger partial charge < -0.3 is 0 Å². The molecule has 6 rings (SSSR count). The van der Waals surface area contributed by atoms with E-state index in [1.165, 1.54) is 39.1 Å². The topological polar surface area (TPSA) is 12.4 Å². The van der Waals surface area contributed by atoms with Gasteiger partial charge in [-0.3, -0.25) is 4.99 Å². The fourth-order valence-corrected chi connectivity index (χ4v) is 5.76. The van der Waals surface area contributed by atoms with E-state index < -0.39 is 0 Å². The molecule has 1 nitrogen and oxygen atoms in total. The number of aliphatic imine (C=N–C) groups is 1. The number of benzene rings is 3. The molecule has 0 spiro atoms. The van der Waals surface area contributed by atoms with Gasteiger partial charge in [0.1, 0.15) is 0 Å². The predicted molar refractivity (Wildman–Crippen MR) is 159 cm³/mol. The molecule has 0 heterocycles. The molecule has 0 aliphatic heterocycles. The smallest absolute Gasteiger partial charge is 0.0645 e. The van der Waals surface area contributed by atoms with Gasteiger partial charge in [-0.15, -0.1) is 0 Å². The molecule has 0 radical (unpaired) electrons. The highest BCUT2D eigenvalue weighted by atomic mass is 14.7. The molecule has 0 aromatic heterocycles. The van der Waals surface area contributed by atoms with Crippen molar-refractivity contribution in [3.05, 3.63) is 139 Å². The molecule has 37 heavy (non-hydrogen) atoms. The van der Waals surface area contributed by atoms with E-state index in [-0.39, 0.29) is 0 Å². The molecule has 182 valence electrons. The van der Waals surface area contributed by atoms with Gasteiger partial charge in [-0.05, 0) is 102 Å². The molecule has 0 amide bonds. The Balaban J connectivity index is 1.42. The van der Waals surface area contributed by atoms with E-state index in [1.807, 2.05) is 0 Å². The molecule has 0 saturated heterocycles. The molecule has 3 aliphatic carbocycles. The van der Waals surface area contributed by atoms with Crippen LogP contribution in [-0.4, -0.2) is 5.71 Å². The molecular formula is C36H33N. The number of hydrogen-bond acceptors (Lipinski definition) is 1. The Morgan fingerprint density at radius 2 is 1.46 bits per heavy atom. The summed E-state index contributed by atoms with van der Waals surface area (Å²) in [5.41, 5.74) is 9.92. The van der Waals surface area contributed by atoms with E-state index in [0.717, 1.165) is 37.8 Å². The molecular weight excluding hydrogens is 446 g/mol. The molecule has 3 aromatic rings. The summed E-state index contributed by atoms with van der Waals surface area (Å²) in [5.74, 6) is 1.12. The maximum atomic E-state index is 5.33. The molecule has 0 saturated carbocycles. The van der Waals surface area contributed by atoms with Crippen LogP contribution in [-0.2, 0) is 0 Å². The summed E-state index contributed by atoms with van der Waals surface area (Å²) in [6, 6.07) is 28.4. The fraction of sp³-hybridized carbons (Fsp3) is 0.194. The first kappa shape index (κ1) is 23.4.